The van der Waals surface area contributed by atoms with Crippen molar-refractivity contribution in [2.24, 2.45) is 0 Å². The molecule has 0 radical (unpaired) electrons. The minimum absolute atomic E-state index is 0.0430. The molecule has 13 nitrogen and oxygen atoms in total. The summed E-state index contributed by atoms with van der Waals surface area (Å²) in [5.41, 5.74) is -5.12. The Bertz CT molecular complexity index is 1360. The number of terminal acetylenes is 1. The number of benzene rings is 1. The van der Waals surface area contributed by atoms with Gasteiger partial charge in [0.05, 0.1) is 18.9 Å². The van der Waals surface area contributed by atoms with Gasteiger partial charge in [-0.05, 0) is 32.9 Å². The fourth-order valence-corrected chi connectivity index (χ4v) is 4.73. The normalized spacial score (nSPS) is 25.4. The van der Waals surface area contributed by atoms with Crippen LogP contribution in [-0.4, -0.2) is 62.4 Å². The summed E-state index contributed by atoms with van der Waals surface area (Å²) < 4.78 is 54.3. The molecule has 1 aliphatic heterocycles. The summed E-state index contributed by atoms with van der Waals surface area (Å²) in [4.78, 5) is 37.5. The molecule has 6 atom stereocenters. The fourth-order valence-electron chi connectivity index (χ4n) is 3.39. The van der Waals surface area contributed by atoms with Crippen molar-refractivity contribution < 1.29 is 47.0 Å². The molecular weight excluding hydrogens is 530 g/mol. The topological polar surface area (TPSA) is 176 Å². The number of halogens is 1. The van der Waals surface area contributed by atoms with E-state index < -0.39 is 73.7 Å². The lowest BCUT2D eigenvalue weighted by Crippen LogP contribution is -2.48. The second-order valence-corrected chi connectivity index (χ2v) is 10.0. The van der Waals surface area contributed by atoms with Crippen molar-refractivity contribution in [3.05, 3.63) is 63.2 Å². The molecule has 38 heavy (non-hydrogen) atoms. The number of nitrogens with zero attached hydrogens (tertiary/aromatic N) is 1. The van der Waals surface area contributed by atoms with E-state index in [-0.39, 0.29) is 5.75 Å². The Morgan fingerprint density at radius 2 is 1.97 bits per heavy atom. The number of nitrogens with one attached hydrogen (secondary N) is 1. The number of phosphoric acid groups is 1. The molecule has 2 aromatic rings. The van der Waals surface area contributed by atoms with E-state index in [0.717, 1.165) is 0 Å². The molecule has 1 fully saturated rings. The Kier molecular flexibility index (Phi) is 8.94. The van der Waals surface area contributed by atoms with E-state index in [9.17, 15) is 33.6 Å². The monoisotopic (exact) mass is 556 g/mol. The maximum atomic E-state index is 13.9. The third-order valence-electron chi connectivity index (χ3n) is 5.22. The van der Waals surface area contributed by atoms with Crippen LogP contribution in [0.4, 0.5) is 4.39 Å². The van der Waals surface area contributed by atoms with Gasteiger partial charge in [-0.1, -0.05) is 24.1 Å². The van der Waals surface area contributed by atoms with Gasteiger partial charge < -0.3 is 24.2 Å². The Hall–Kier alpha value is -3.31. The summed E-state index contributed by atoms with van der Waals surface area (Å²) in [6.45, 7) is 3.64. The van der Waals surface area contributed by atoms with Gasteiger partial charge in [0.25, 0.3) is 5.56 Å². The number of carbonyl (C=O) groups excluding carboxylic acids is 1. The molecule has 1 aromatic heterocycles. The van der Waals surface area contributed by atoms with E-state index in [1.807, 2.05) is 5.92 Å². The molecule has 2 heterocycles. The van der Waals surface area contributed by atoms with Crippen molar-refractivity contribution in [1.29, 1.82) is 0 Å². The number of aliphatic hydroxyl groups excluding tert-OH is 1. The molecule has 1 aliphatic rings. The van der Waals surface area contributed by atoms with Crippen LogP contribution in [0, 0.1) is 18.2 Å². The van der Waals surface area contributed by atoms with Crippen LogP contribution in [0.15, 0.2) is 46.1 Å². The van der Waals surface area contributed by atoms with Gasteiger partial charge in [0.1, 0.15) is 18.0 Å². The Labute approximate surface area is 215 Å². The zero-order chi connectivity index (χ0) is 28.3. The second kappa shape index (κ2) is 11.6. The van der Waals surface area contributed by atoms with E-state index in [1.165, 1.54) is 19.1 Å². The number of para-hydroxylation sites is 1. The fraction of sp³-hybridized carbons (Fsp3) is 0.435. The molecule has 3 rings (SSSR count). The van der Waals surface area contributed by atoms with Crippen LogP contribution in [-0.2, 0) is 27.9 Å². The van der Waals surface area contributed by atoms with E-state index in [4.69, 9.17) is 29.5 Å². The highest BCUT2D eigenvalue weighted by Crippen LogP contribution is 2.51. The quantitative estimate of drug-likeness (QED) is 0.215. The highest BCUT2D eigenvalue weighted by molar-refractivity contribution is 7.49. The van der Waals surface area contributed by atoms with E-state index in [0.29, 0.717) is 10.8 Å². The largest absolute Gasteiger partial charge is 0.530 e. The molecule has 0 spiro atoms. The number of H-pyrrole nitrogens is 1. The molecule has 1 saturated heterocycles. The van der Waals surface area contributed by atoms with Crippen LogP contribution in [0.3, 0.4) is 0 Å². The molecule has 15 heteroatoms. The highest BCUT2D eigenvalue weighted by Gasteiger charge is 2.56. The van der Waals surface area contributed by atoms with Crippen LogP contribution < -0.4 is 15.8 Å². The van der Waals surface area contributed by atoms with Crippen LogP contribution >= 0.6 is 7.82 Å². The van der Waals surface area contributed by atoms with Crippen molar-refractivity contribution in [2.45, 2.75) is 57.0 Å². The maximum absolute atomic E-state index is 13.9. The summed E-state index contributed by atoms with van der Waals surface area (Å²) >= 11 is 0. The minimum Gasteiger partial charge on any atom is -0.461 e. The lowest BCUT2D eigenvalue weighted by atomic mass is 9.95. The molecule has 3 N–H and O–H groups in total. The predicted octanol–water partition coefficient (Wildman–Crippen LogP) is 0.859. The summed E-state index contributed by atoms with van der Waals surface area (Å²) in [6.07, 6.45) is -1.52. The molecule has 1 aromatic carbocycles. The minimum atomic E-state index is -4.64. The molecule has 0 aliphatic carbocycles. The first kappa shape index (κ1) is 29.2. The van der Waals surface area contributed by atoms with Gasteiger partial charge in [0.2, 0.25) is 5.82 Å². The zero-order valence-electron chi connectivity index (χ0n) is 20.5. The lowest BCUT2D eigenvalue weighted by Gasteiger charge is -2.26. The van der Waals surface area contributed by atoms with Crippen LogP contribution in [0.5, 0.6) is 5.75 Å². The number of aromatic nitrogens is 2. The Morgan fingerprint density at radius 3 is 2.58 bits per heavy atom. The van der Waals surface area contributed by atoms with Crippen molar-refractivity contribution in [2.75, 3.05) is 6.61 Å². The SMILES string of the molecule is C#CC1(O)[C@@H](O)[C@@H](CO[P@](=O)(Oc2ccccc2)O[C@@H](C)C(=O)OC(C)C)O[C@H]1n1cc(F)c(=O)[nH]c1=O. The van der Waals surface area contributed by atoms with Crippen LogP contribution in [0.25, 0.3) is 0 Å². The molecule has 1 unspecified atom stereocenters. The summed E-state index contributed by atoms with van der Waals surface area (Å²) in [5, 5.41) is 21.6. The molecule has 0 saturated carbocycles. The van der Waals surface area contributed by atoms with E-state index >= 15 is 0 Å². The standard InChI is InChI=1S/C23H26FN2O11P/c1-5-23(31)18(27)17(35-21(23)26-11-16(24)19(28)25-22(26)30)12-33-38(32,37-15-9-7-6-8-10-15)36-14(4)20(29)34-13(2)3/h1,6-11,13-14,17-18,21,27,31H,12H2,2-4H3,(H,25,28,30)/t14-,17+,18-,21+,23?,38-/m0/s1. The third-order valence-corrected chi connectivity index (χ3v) is 6.69. The van der Waals surface area contributed by atoms with Crippen LogP contribution in [0.1, 0.15) is 27.0 Å². The molecule has 0 bridgehead atoms. The maximum Gasteiger partial charge on any atom is 0.530 e. The average Bonchev–Trinajstić information content (AvgIpc) is 3.10. The van der Waals surface area contributed by atoms with E-state index in [2.05, 4.69) is 0 Å². The van der Waals surface area contributed by atoms with Crippen molar-refractivity contribution in [1.82, 2.24) is 9.55 Å². The van der Waals surface area contributed by atoms with Crippen LogP contribution in [0.2, 0.25) is 0 Å². The number of carbonyl (C=O) groups is 1. The number of phosphoric ester groups is 1. The Morgan fingerprint density at radius 1 is 1.32 bits per heavy atom. The summed E-state index contributed by atoms with van der Waals surface area (Å²) in [5.74, 6) is -0.319. The first-order valence-electron chi connectivity index (χ1n) is 11.2. The molecular formula is C23H26FN2O11P. The zero-order valence-corrected chi connectivity index (χ0v) is 21.4. The smallest absolute Gasteiger partial charge is 0.461 e. The first-order chi connectivity index (χ1) is 17.8. The van der Waals surface area contributed by atoms with Gasteiger partial charge in [0.15, 0.2) is 17.9 Å². The number of hydrogen-bond acceptors (Lipinski definition) is 11. The number of aromatic amines is 1. The number of esters is 1. The summed E-state index contributed by atoms with van der Waals surface area (Å²) in [6, 6.07) is 7.66. The van der Waals surface area contributed by atoms with Gasteiger partial charge >= 0.3 is 19.5 Å². The number of rotatable bonds is 10. The average molecular weight is 556 g/mol. The van der Waals surface area contributed by atoms with Gasteiger partial charge in [-0.3, -0.25) is 23.4 Å². The van der Waals surface area contributed by atoms with E-state index in [1.54, 1.807) is 37.0 Å². The van der Waals surface area contributed by atoms with Gasteiger partial charge in [-0.25, -0.2) is 14.2 Å². The third kappa shape index (κ3) is 6.39. The number of ether oxygens (including phenoxy) is 2. The number of hydrogen-bond donors (Lipinski definition) is 3. The Balaban J connectivity index is 1.86. The molecule has 0 amide bonds. The second-order valence-electron chi connectivity index (χ2n) is 8.47. The molecule has 206 valence electrons. The first-order valence-corrected chi connectivity index (χ1v) is 12.7. The highest BCUT2D eigenvalue weighted by atomic mass is 31.2. The summed E-state index contributed by atoms with van der Waals surface area (Å²) in [7, 11) is -4.64. The van der Waals surface area contributed by atoms with Gasteiger partial charge in [-0.15, -0.1) is 6.42 Å². The van der Waals surface area contributed by atoms with Gasteiger partial charge in [0, 0.05) is 0 Å². The van der Waals surface area contributed by atoms with Gasteiger partial charge in [-0.2, -0.15) is 4.39 Å². The lowest BCUT2D eigenvalue weighted by molar-refractivity contribution is -0.156. The number of aliphatic hydroxyl groups is 2. The predicted molar refractivity (Wildman–Crippen MR) is 127 cm³/mol. The van der Waals surface area contributed by atoms with Crippen molar-refractivity contribution in [3.63, 3.8) is 0 Å². The van der Waals surface area contributed by atoms with Crippen molar-refractivity contribution in [3.8, 4) is 18.1 Å². The van der Waals surface area contributed by atoms with Crippen molar-refractivity contribution >= 4 is 13.8 Å².